The zero-order chi connectivity index (χ0) is 13.0. The summed E-state index contributed by atoms with van der Waals surface area (Å²) in [5, 5.41) is 14.9. The molecule has 4 heteroatoms. The number of pyridine rings is 1. The molecule has 0 aliphatic carbocycles. The molecule has 2 rings (SSSR count). The van der Waals surface area contributed by atoms with Crippen molar-refractivity contribution in [3.05, 3.63) is 30.5 Å². The molecule has 0 aliphatic heterocycles. The number of alkyl halides is 1. The van der Waals surface area contributed by atoms with Crippen molar-refractivity contribution >= 4 is 28.2 Å². The van der Waals surface area contributed by atoms with Gasteiger partial charge in [0.05, 0.1) is 0 Å². The molecule has 2 N–H and O–H groups in total. The summed E-state index contributed by atoms with van der Waals surface area (Å²) in [5.74, 6) is 2.24. The molecule has 0 fully saturated rings. The second-order valence-electron chi connectivity index (χ2n) is 4.53. The molecule has 2 aromatic rings. The Bertz CT molecular complexity index is 530. The number of benzene rings is 1. The predicted molar refractivity (Wildman–Crippen MR) is 76.4 cm³/mol. The minimum Gasteiger partial charge on any atom is -0.508 e. The van der Waals surface area contributed by atoms with Crippen LogP contribution < -0.4 is 5.32 Å². The van der Waals surface area contributed by atoms with Crippen LogP contribution in [-0.4, -0.2) is 22.5 Å². The lowest BCUT2D eigenvalue weighted by Gasteiger charge is -2.13. The zero-order valence-corrected chi connectivity index (χ0v) is 11.1. The Morgan fingerprint density at radius 1 is 1.39 bits per heavy atom. The van der Waals surface area contributed by atoms with Crippen molar-refractivity contribution in [1.82, 2.24) is 4.98 Å². The van der Waals surface area contributed by atoms with Crippen molar-refractivity contribution in [3.8, 4) is 5.75 Å². The second-order valence-corrected chi connectivity index (χ2v) is 4.91. The molecule has 0 spiro atoms. The second kappa shape index (κ2) is 5.91. The molecule has 96 valence electrons. The van der Waals surface area contributed by atoms with Crippen LogP contribution in [0.2, 0.25) is 0 Å². The van der Waals surface area contributed by atoms with Gasteiger partial charge >= 0.3 is 0 Å². The Morgan fingerprint density at radius 3 is 3.00 bits per heavy atom. The lowest BCUT2D eigenvalue weighted by atomic mass is 10.1. The zero-order valence-electron chi connectivity index (χ0n) is 10.4. The van der Waals surface area contributed by atoms with Gasteiger partial charge in [0.15, 0.2) is 0 Å². The highest BCUT2D eigenvalue weighted by Gasteiger charge is 2.05. The third-order valence-electron chi connectivity index (χ3n) is 2.97. The number of anilines is 1. The first-order valence-electron chi connectivity index (χ1n) is 6.08. The van der Waals surface area contributed by atoms with Crippen LogP contribution in [0, 0.1) is 5.92 Å². The maximum Gasteiger partial charge on any atom is 0.133 e. The van der Waals surface area contributed by atoms with Gasteiger partial charge in [0.1, 0.15) is 11.6 Å². The highest BCUT2D eigenvalue weighted by molar-refractivity contribution is 6.17. The molecule has 1 unspecified atom stereocenters. The summed E-state index contributed by atoms with van der Waals surface area (Å²) in [6.45, 7) is 2.98. The summed E-state index contributed by atoms with van der Waals surface area (Å²) < 4.78 is 0. The third-order valence-corrected chi connectivity index (χ3v) is 3.19. The highest BCUT2D eigenvalue weighted by atomic mass is 35.5. The van der Waals surface area contributed by atoms with Gasteiger partial charge in [-0.3, -0.25) is 0 Å². The number of rotatable bonds is 5. The van der Waals surface area contributed by atoms with Gasteiger partial charge in [-0.05, 0) is 35.9 Å². The lowest BCUT2D eigenvalue weighted by Crippen LogP contribution is -2.12. The fraction of sp³-hybridized carbons (Fsp3) is 0.357. The van der Waals surface area contributed by atoms with Crippen molar-refractivity contribution in [2.45, 2.75) is 13.3 Å². The van der Waals surface area contributed by atoms with Crippen LogP contribution in [0.1, 0.15) is 13.3 Å². The number of nitrogens with one attached hydrogen (secondary N) is 1. The molecule has 1 atom stereocenters. The van der Waals surface area contributed by atoms with Gasteiger partial charge in [-0.2, -0.15) is 0 Å². The minimum atomic E-state index is 0.257. The summed E-state index contributed by atoms with van der Waals surface area (Å²) in [7, 11) is 0. The Kier molecular flexibility index (Phi) is 4.26. The Labute approximate surface area is 112 Å². The SMILES string of the molecule is CC(CCCl)CNc1nccc2ccc(O)cc12. The molecule has 1 aromatic heterocycles. The Balaban J connectivity index is 2.19. The van der Waals surface area contributed by atoms with Gasteiger partial charge in [0, 0.05) is 24.0 Å². The van der Waals surface area contributed by atoms with E-state index in [1.165, 1.54) is 0 Å². The van der Waals surface area contributed by atoms with E-state index in [4.69, 9.17) is 11.6 Å². The average molecular weight is 265 g/mol. The van der Waals surface area contributed by atoms with E-state index in [-0.39, 0.29) is 5.75 Å². The van der Waals surface area contributed by atoms with Crippen molar-refractivity contribution in [2.75, 3.05) is 17.7 Å². The third kappa shape index (κ3) is 3.05. The maximum atomic E-state index is 9.54. The Hall–Kier alpha value is -1.48. The van der Waals surface area contributed by atoms with Crippen LogP contribution in [0.15, 0.2) is 30.5 Å². The largest absolute Gasteiger partial charge is 0.508 e. The first-order valence-corrected chi connectivity index (χ1v) is 6.61. The molecule has 3 nitrogen and oxygen atoms in total. The van der Waals surface area contributed by atoms with Crippen LogP contribution in [0.3, 0.4) is 0 Å². The van der Waals surface area contributed by atoms with E-state index in [1.54, 1.807) is 18.3 Å². The van der Waals surface area contributed by atoms with Gasteiger partial charge in [0.25, 0.3) is 0 Å². The number of fused-ring (bicyclic) bond motifs is 1. The minimum absolute atomic E-state index is 0.257. The van der Waals surface area contributed by atoms with Crippen molar-refractivity contribution < 1.29 is 5.11 Å². The molecule has 1 aromatic carbocycles. The number of phenols is 1. The van der Waals surface area contributed by atoms with E-state index in [0.717, 1.165) is 29.6 Å². The number of phenolic OH excluding ortho intramolecular Hbond substituents is 1. The van der Waals surface area contributed by atoms with E-state index < -0.39 is 0 Å². The smallest absolute Gasteiger partial charge is 0.133 e. The number of hydrogen-bond acceptors (Lipinski definition) is 3. The van der Waals surface area contributed by atoms with E-state index in [1.807, 2.05) is 12.1 Å². The van der Waals surface area contributed by atoms with Crippen LogP contribution in [0.25, 0.3) is 10.8 Å². The summed E-state index contributed by atoms with van der Waals surface area (Å²) >= 11 is 5.72. The number of aromatic hydroxyl groups is 1. The van der Waals surface area contributed by atoms with Gasteiger partial charge in [-0.15, -0.1) is 11.6 Å². The Morgan fingerprint density at radius 2 is 2.22 bits per heavy atom. The summed E-state index contributed by atoms with van der Waals surface area (Å²) in [6.07, 6.45) is 2.75. The molecule has 0 saturated carbocycles. The quantitative estimate of drug-likeness (QED) is 0.811. The number of halogens is 1. The summed E-state index contributed by atoms with van der Waals surface area (Å²) in [6, 6.07) is 7.24. The fourth-order valence-corrected chi connectivity index (χ4v) is 2.23. The molecule has 0 bridgehead atoms. The van der Waals surface area contributed by atoms with Crippen LogP contribution in [0.4, 0.5) is 5.82 Å². The first kappa shape index (κ1) is 13.0. The van der Waals surface area contributed by atoms with Crippen molar-refractivity contribution in [3.63, 3.8) is 0 Å². The molecular formula is C14H17ClN2O. The van der Waals surface area contributed by atoms with Gasteiger partial charge in [0.2, 0.25) is 0 Å². The number of hydrogen-bond donors (Lipinski definition) is 2. The normalized spacial score (nSPS) is 12.6. The van der Waals surface area contributed by atoms with Crippen molar-refractivity contribution in [1.29, 1.82) is 0 Å². The average Bonchev–Trinajstić information content (AvgIpc) is 2.36. The predicted octanol–water partition coefficient (Wildman–Crippen LogP) is 3.62. The molecule has 18 heavy (non-hydrogen) atoms. The van der Waals surface area contributed by atoms with E-state index in [0.29, 0.717) is 11.8 Å². The standard InChI is InChI=1S/C14H17ClN2O/c1-10(4-6-15)9-17-14-13-8-12(18)3-2-11(13)5-7-16-14/h2-3,5,7-8,10,18H,4,6,9H2,1H3,(H,16,17). The maximum absolute atomic E-state index is 9.54. The molecule has 1 heterocycles. The molecular weight excluding hydrogens is 248 g/mol. The topological polar surface area (TPSA) is 45.2 Å². The summed E-state index contributed by atoms with van der Waals surface area (Å²) in [4.78, 5) is 4.32. The van der Waals surface area contributed by atoms with Crippen LogP contribution in [-0.2, 0) is 0 Å². The molecule has 0 saturated heterocycles. The first-order chi connectivity index (χ1) is 8.70. The van der Waals surface area contributed by atoms with E-state index in [9.17, 15) is 5.11 Å². The van der Waals surface area contributed by atoms with Gasteiger partial charge < -0.3 is 10.4 Å². The molecule has 0 amide bonds. The summed E-state index contributed by atoms with van der Waals surface area (Å²) in [5.41, 5.74) is 0. The van der Waals surface area contributed by atoms with Crippen LogP contribution >= 0.6 is 11.6 Å². The molecule has 0 aliphatic rings. The van der Waals surface area contributed by atoms with E-state index in [2.05, 4.69) is 17.2 Å². The fourth-order valence-electron chi connectivity index (χ4n) is 1.86. The van der Waals surface area contributed by atoms with Crippen molar-refractivity contribution in [2.24, 2.45) is 5.92 Å². The lowest BCUT2D eigenvalue weighted by molar-refractivity contribution is 0.476. The number of aromatic nitrogens is 1. The highest BCUT2D eigenvalue weighted by Crippen LogP contribution is 2.25. The van der Waals surface area contributed by atoms with Gasteiger partial charge in [-0.25, -0.2) is 4.98 Å². The van der Waals surface area contributed by atoms with Crippen LogP contribution in [0.5, 0.6) is 5.75 Å². The monoisotopic (exact) mass is 264 g/mol. The van der Waals surface area contributed by atoms with Gasteiger partial charge in [-0.1, -0.05) is 13.0 Å². The molecule has 0 radical (unpaired) electrons. The van der Waals surface area contributed by atoms with E-state index >= 15 is 0 Å². The number of nitrogens with zero attached hydrogens (tertiary/aromatic N) is 1.